The van der Waals surface area contributed by atoms with Gasteiger partial charge in [0, 0.05) is 28.5 Å². The fraction of sp³-hybridized carbons (Fsp3) is 0.0714. The molecule has 1 heterocycles. The molecule has 2 aromatic rings. The molecule has 6 heteroatoms. The van der Waals surface area contributed by atoms with Crippen molar-refractivity contribution in [1.82, 2.24) is 9.97 Å². The lowest BCUT2D eigenvalue weighted by Crippen LogP contribution is -2.01. The van der Waals surface area contributed by atoms with Crippen molar-refractivity contribution in [1.29, 1.82) is 0 Å². The van der Waals surface area contributed by atoms with Crippen LogP contribution in [0.3, 0.4) is 0 Å². The summed E-state index contributed by atoms with van der Waals surface area (Å²) in [7, 11) is 0. The maximum atomic E-state index is 10.6. The zero-order chi connectivity index (χ0) is 14.4. The maximum Gasteiger partial charge on any atom is 0.328 e. The Labute approximate surface area is 124 Å². The number of rotatable bonds is 5. The third-order valence-electron chi connectivity index (χ3n) is 2.35. The molecule has 0 amide bonds. The van der Waals surface area contributed by atoms with Gasteiger partial charge in [-0.1, -0.05) is 15.9 Å². The van der Waals surface area contributed by atoms with Gasteiger partial charge in [0.1, 0.15) is 12.4 Å². The number of carboxylic acids is 1. The van der Waals surface area contributed by atoms with Crippen LogP contribution in [0, 0.1) is 0 Å². The van der Waals surface area contributed by atoms with E-state index in [0.717, 1.165) is 10.5 Å². The first-order valence-corrected chi connectivity index (χ1v) is 6.54. The number of carboxylic acid groups (broad SMARTS) is 1. The Bertz CT molecular complexity index is 630. The average Bonchev–Trinajstić information content (AvgIpc) is 2.45. The summed E-state index contributed by atoms with van der Waals surface area (Å²) in [5, 5.41) is 8.68. The van der Waals surface area contributed by atoms with Crippen LogP contribution in [0.4, 0.5) is 0 Å². The smallest absolute Gasteiger partial charge is 0.328 e. The highest BCUT2D eigenvalue weighted by atomic mass is 79.9. The molecule has 0 unspecified atom stereocenters. The largest absolute Gasteiger partial charge is 0.485 e. The van der Waals surface area contributed by atoms with Gasteiger partial charge in [-0.15, -0.1) is 0 Å². The predicted molar refractivity (Wildman–Crippen MR) is 77.2 cm³/mol. The lowest BCUT2D eigenvalue weighted by atomic mass is 10.2. The first kappa shape index (κ1) is 14.2. The molecule has 0 bridgehead atoms. The van der Waals surface area contributed by atoms with Crippen molar-refractivity contribution in [2.75, 3.05) is 0 Å². The molecule has 1 aromatic carbocycles. The average molecular weight is 335 g/mol. The van der Waals surface area contributed by atoms with Gasteiger partial charge in [-0.25, -0.2) is 14.8 Å². The Morgan fingerprint density at radius 3 is 2.80 bits per heavy atom. The van der Waals surface area contributed by atoms with E-state index in [-0.39, 0.29) is 6.61 Å². The summed E-state index contributed by atoms with van der Waals surface area (Å²) >= 11 is 3.34. The lowest BCUT2D eigenvalue weighted by Gasteiger charge is -2.08. The number of hydrogen-bond acceptors (Lipinski definition) is 4. The van der Waals surface area contributed by atoms with E-state index in [9.17, 15) is 4.79 Å². The highest BCUT2D eigenvalue weighted by Gasteiger charge is 2.04. The van der Waals surface area contributed by atoms with Crippen LogP contribution in [0.25, 0.3) is 6.08 Å². The minimum absolute atomic E-state index is 0.219. The van der Waals surface area contributed by atoms with E-state index in [2.05, 4.69) is 25.9 Å². The van der Waals surface area contributed by atoms with Gasteiger partial charge in [-0.05, 0) is 30.3 Å². The molecule has 5 nitrogen and oxygen atoms in total. The minimum Gasteiger partial charge on any atom is -0.485 e. The summed E-state index contributed by atoms with van der Waals surface area (Å²) in [6.45, 7) is 0.219. The lowest BCUT2D eigenvalue weighted by molar-refractivity contribution is -0.131. The Balaban J connectivity index is 2.16. The van der Waals surface area contributed by atoms with Crippen molar-refractivity contribution in [2.45, 2.75) is 6.61 Å². The summed E-state index contributed by atoms with van der Waals surface area (Å²) < 4.78 is 6.46. The summed E-state index contributed by atoms with van der Waals surface area (Å²) in [5.74, 6) is 0.115. The Morgan fingerprint density at radius 2 is 2.10 bits per heavy atom. The number of halogens is 1. The van der Waals surface area contributed by atoms with Gasteiger partial charge in [-0.2, -0.15) is 0 Å². The van der Waals surface area contributed by atoms with E-state index in [1.807, 2.05) is 6.07 Å². The molecule has 0 aliphatic rings. The third-order valence-corrected chi connectivity index (χ3v) is 2.85. The molecule has 102 valence electrons. The van der Waals surface area contributed by atoms with E-state index in [1.165, 1.54) is 6.08 Å². The minimum atomic E-state index is -1.01. The summed E-state index contributed by atoms with van der Waals surface area (Å²) in [4.78, 5) is 18.7. The fourth-order valence-electron chi connectivity index (χ4n) is 1.49. The molecule has 0 saturated carbocycles. The number of benzene rings is 1. The standard InChI is InChI=1S/C14H11BrN2O3/c15-11-3-4-12(10(8-11)2-5-14(18)19)20-9-13-16-6-1-7-17-13/h1-8H,9H2,(H,18,19). The monoisotopic (exact) mass is 334 g/mol. The van der Waals surface area contributed by atoms with Crippen LogP contribution in [-0.4, -0.2) is 21.0 Å². The summed E-state index contributed by atoms with van der Waals surface area (Å²) in [6, 6.07) is 7.08. The second-order valence-corrected chi connectivity index (χ2v) is 4.72. The molecule has 2 rings (SSSR count). The third kappa shape index (κ3) is 4.17. The van der Waals surface area contributed by atoms with Gasteiger partial charge in [0.05, 0.1) is 0 Å². The van der Waals surface area contributed by atoms with E-state index >= 15 is 0 Å². The molecule has 1 N–H and O–H groups in total. The summed E-state index contributed by atoms with van der Waals surface area (Å²) in [5.41, 5.74) is 0.665. The number of carbonyl (C=O) groups is 1. The molecule has 20 heavy (non-hydrogen) atoms. The first-order valence-electron chi connectivity index (χ1n) is 5.74. The second kappa shape index (κ2) is 6.81. The van der Waals surface area contributed by atoms with Gasteiger partial charge in [0.15, 0.2) is 5.82 Å². The van der Waals surface area contributed by atoms with Crippen LogP contribution in [0.1, 0.15) is 11.4 Å². The van der Waals surface area contributed by atoms with E-state index in [4.69, 9.17) is 9.84 Å². The van der Waals surface area contributed by atoms with Gasteiger partial charge in [0.25, 0.3) is 0 Å². The van der Waals surface area contributed by atoms with Gasteiger partial charge < -0.3 is 9.84 Å². The van der Waals surface area contributed by atoms with Crippen LogP contribution in [0.15, 0.2) is 47.2 Å². The molecule has 0 saturated heterocycles. The maximum absolute atomic E-state index is 10.6. The van der Waals surface area contributed by atoms with Crippen molar-refractivity contribution in [2.24, 2.45) is 0 Å². The molecule has 0 aliphatic heterocycles. The topological polar surface area (TPSA) is 72.3 Å². The number of hydrogen-bond donors (Lipinski definition) is 1. The molecule has 1 aromatic heterocycles. The van der Waals surface area contributed by atoms with Gasteiger partial charge in [-0.3, -0.25) is 0 Å². The van der Waals surface area contributed by atoms with Crippen LogP contribution in [-0.2, 0) is 11.4 Å². The SMILES string of the molecule is O=C(O)C=Cc1cc(Br)ccc1OCc1ncccn1. The summed E-state index contributed by atoms with van der Waals surface area (Å²) in [6.07, 6.45) is 5.82. The number of aliphatic carboxylic acids is 1. The molecule has 0 radical (unpaired) electrons. The quantitative estimate of drug-likeness (QED) is 0.851. The van der Waals surface area contributed by atoms with Crippen LogP contribution >= 0.6 is 15.9 Å². The Hall–Kier alpha value is -2.21. The fourth-order valence-corrected chi connectivity index (χ4v) is 1.87. The molecule has 0 fully saturated rings. The van der Waals surface area contributed by atoms with Crippen LogP contribution in [0.5, 0.6) is 5.75 Å². The Kier molecular flexibility index (Phi) is 4.84. The van der Waals surface area contributed by atoms with Crippen molar-refractivity contribution < 1.29 is 14.6 Å². The second-order valence-electron chi connectivity index (χ2n) is 3.81. The zero-order valence-electron chi connectivity index (χ0n) is 10.4. The predicted octanol–water partition coefficient (Wildman–Crippen LogP) is 2.92. The highest BCUT2D eigenvalue weighted by molar-refractivity contribution is 9.10. The highest BCUT2D eigenvalue weighted by Crippen LogP contribution is 2.25. The molecule has 0 aliphatic carbocycles. The molecule has 0 atom stereocenters. The van der Waals surface area contributed by atoms with Gasteiger partial charge in [0.2, 0.25) is 0 Å². The normalized spacial score (nSPS) is 10.7. The van der Waals surface area contributed by atoms with Gasteiger partial charge >= 0.3 is 5.97 Å². The molecular formula is C14H11BrN2O3. The molecular weight excluding hydrogens is 324 g/mol. The first-order chi connectivity index (χ1) is 9.65. The van der Waals surface area contributed by atoms with E-state index in [0.29, 0.717) is 17.1 Å². The van der Waals surface area contributed by atoms with E-state index in [1.54, 1.807) is 30.6 Å². The number of ether oxygens (including phenoxy) is 1. The number of aromatic nitrogens is 2. The van der Waals surface area contributed by atoms with Crippen molar-refractivity contribution in [3.05, 3.63) is 58.6 Å². The van der Waals surface area contributed by atoms with Crippen molar-refractivity contribution in [3.63, 3.8) is 0 Å². The van der Waals surface area contributed by atoms with Crippen molar-refractivity contribution >= 4 is 28.0 Å². The molecule has 0 spiro atoms. The van der Waals surface area contributed by atoms with E-state index < -0.39 is 5.97 Å². The number of nitrogens with zero attached hydrogens (tertiary/aromatic N) is 2. The Morgan fingerprint density at radius 1 is 1.35 bits per heavy atom. The van der Waals surface area contributed by atoms with Crippen LogP contribution < -0.4 is 4.74 Å². The van der Waals surface area contributed by atoms with Crippen LogP contribution in [0.2, 0.25) is 0 Å². The zero-order valence-corrected chi connectivity index (χ0v) is 11.9. The van der Waals surface area contributed by atoms with Crippen molar-refractivity contribution in [3.8, 4) is 5.75 Å².